The molecule has 7 heteroatoms. The summed E-state index contributed by atoms with van der Waals surface area (Å²) in [7, 11) is 1.68. The summed E-state index contributed by atoms with van der Waals surface area (Å²) in [6.07, 6.45) is 2.42. The van der Waals surface area contributed by atoms with E-state index in [1.165, 1.54) is 17.7 Å². The van der Waals surface area contributed by atoms with Crippen LogP contribution >= 0.6 is 23.1 Å². The van der Waals surface area contributed by atoms with Crippen LogP contribution in [-0.2, 0) is 4.74 Å². The number of thiophene rings is 1. The van der Waals surface area contributed by atoms with E-state index in [-0.39, 0.29) is 0 Å². The van der Waals surface area contributed by atoms with Crippen LogP contribution < -0.4 is 0 Å². The number of aryl methyl sites for hydroxylation is 1. The number of fused-ring (bicyclic) bond motifs is 1. The Balaban J connectivity index is 2.31. The van der Waals surface area contributed by atoms with Crippen molar-refractivity contribution >= 4 is 39.3 Å². The Hall–Kier alpha value is -1.18. The van der Waals surface area contributed by atoms with Gasteiger partial charge in [-0.25, -0.2) is 14.8 Å². The van der Waals surface area contributed by atoms with E-state index >= 15 is 0 Å². The third kappa shape index (κ3) is 3.05. The number of methoxy groups -OCH3 is 1. The summed E-state index contributed by atoms with van der Waals surface area (Å²) in [5, 5.41) is 10.9. The maximum Gasteiger partial charge on any atom is 0.346 e. The lowest BCUT2D eigenvalue weighted by atomic mass is 10.2. The number of thioether (sulfide) groups is 1. The fraction of sp³-hybridized carbons (Fsp3) is 0.417. The predicted molar refractivity (Wildman–Crippen MR) is 76.3 cm³/mol. The molecular weight excluding hydrogens is 284 g/mol. The highest BCUT2D eigenvalue weighted by Crippen LogP contribution is 2.35. The standard InChI is InChI=1S/C12H14N2O3S2/c1-7-8-10(18-5-3-4-17-2)13-6-14-11(8)19-9(7)12(15)16/h6H,3-5H2,1-2H3,(H,15,16). The van der Waals surface area contributed by atoms with Crippen LogP contribution in [0.25, 0.3) is 10.2 Å². The molecule has 0 aliphatic heterocycles. The Bertz CT molecular complexity index is 598. The van der Waals surface area contributed by atoms with Crippen LogP contribution in [0.3, 0.4) is 0 Å². The number of rotatable bonds is 6. The summed E-state index contributed by atoms with van der Waals surface area (Å²) < 4.78 is 5.00. The van der Waals surface area contributed by atoms with Gasteiger partial charge in [0.15, 0.2) is 0 Å². The van der Waals surface area contributed by atoms with Crippen molar-refractivity contribution in [3.63, 3.8) is 0 Å². The Kier molecular flexibility index (Phi) is 4.73. The lowest BCUT2D eigenvalue weighted by molar-refractivity contribution is 0.0701. The highest BCUT2D eigenvalue weighted by Gasteiger charge is 2.18. The van der Waals surface area contributed by atoms with Gasteiger partial charge in [-0.1, -0.05) is 0 Å². The summed E-state index contributed by atoms with van der Waals surface area (Å²) in [5.74, 6) is -0.0201. The van der Waals surface area contributed by atoms with Crippen molar-refractivity contribution in [3.8, 4) is 0 Å². The maximum absolute atomic E-state index is 11.1. The molecule has 0 aliphatic carbocycles. The summed E-state index contributed by atoms with van der Waals surface area (Å²) in [6.45, 7) is 2.52. The number of carboxylic acid groups (broad SMARTS) is 1. The fourth-order valence-corrected chi connectivity index (χ4v) is 3.75. The topological polar surface area (TPSA) is 72.3 Å². The number of aromatic carboxylic acids is 1. The Morgan fingerprint density at radius 3 is 3.00 bits per heavy atom. The van der Waals surface area contributed by atoms with E-state index in [9.17, 15) is 4.79 Å². The zero-order valence-electron chi connectivity index (χ0n) is 10.7. The molecule has 2 aromatic heterocycles. The summed E-state index contributed by atoms with van der Waals surface area (Å²) >= 11 is 2.81. The quantitative estimate of drug-likeness (QED) is 0.502. The van der Waals surface area contributed by atoms with Crippen LogP contribution in [0.4, 0.5) is 0 Å². The molecule has 0 saturated heterocycles. The largest absolute Gasteiger partial charge is 0.477 e. The smallest absolute Gasteiger partial charge is 0.346 e. The minimum atomic E-state index is -0.907. The second-order valence-corrected chi connectivity index (χ2v) is 6.00. The zero-order valence-corrected chi connectivity index (χ0v) is 12.3. The normalized spacial score (nSPS) is 11.1. The van der Waals surface area contributed by atoms with Crippen LogP contribution in [0.5, 0.6) is 0 Å². The molecule has 0 unspecified atom stereocenters. The molecule has 0 amide bonds. The average molecular weight is 298 g/mol. The van der Waals surface area contributed by atoms with E-state index < -0.39 is 5.97 Å². The molecule has 5 nitrogen and oxygen atoms in total. The summed E-state index contributed by atoms with van der Waals surface area (Å²) in [6, 6.07) is 0. The molecule has 0 atom stereocenters. The van der Waals surface area contributed by atoms with E-state index in [1.54, 1.807) is 18.9 Å². The van der Waals surface area contributed by atoms with E-state index in [0.29, 0.717) is 11.5 Å². The Morgan fingerprint density at radius 2 is 2.32 bits per heavy atom. The second-order valence-electron chi connectivity index (χ2n) is 3.92. The highest BCUT2D eigenvalue weighted by molar-refractivity contribution is 7.99. The zero-order chi connectivity index (χ0) is 13.8. The molecule has 19 heavy (non-hydrogen) atoms. The number of hydrogen-bond donors (Lipinski definition) is 1. The molecule has 1 N–H and O–H groups in total. The van der Waals surface area contributed by atoms with E-state index in [2.05, 4.69) is 9.97 Å². The SMILES string of the molecule is COCCCSc1ncnc2sc(C(=O)O)c(C)c12. The van der Waals surface area contributed by atoms with Crippen LogP contribution in [0.2, 0.25) is 0 Å². The van der Waals surface area contributed by atoms with Crippen LogP contribution in [0.1, 0.15) is 21.7 Å². The number of ether oxygens (including phenoxy) is 1. The lowest BCUT2D eigenvalue weighted by Crippen LogP contribution is -1.95. The summed E-state index contributed by atoms with van der Waals surface area (Å²) in [5.41, 5.74) is 0.752. The molecule has 0 aliphatic rings. The van der Waals surface area contributed by atoms with Gasteiger partial charge < -0.3 is 9.84 Å². The van der Waals surface area contributed by atoms with Crippen LogP contribution in [-0.4, -0.2) is 40.5 Å². The van der Waals surface area contributed by atoms with Crippen molar-refractivity contribution in [2.75, 3.05) is 19.5 Å². The first kappa shape index (κ1) is 14.2. The molecule has 0 aromatic carbocycles. The van der Waals surface area contributed by atoms with Crippen molar-refractivity contribution < 1.29 is 14.6 Å². The molecule has 0 radical (unpaired) electrons. The first-order chi connectivity index (χ1) is 9.15. The first-order valence-corrected chi connectivity index (χ1v) is 7.54. The third-order valence-corrected chi connectivity index (χ3v) is 4.88. The average Bonchev–Trinajstić information content (AvgIpc) is 2.73. The minimum absolute atomic E-state index is 0.342. The molecule has 0 spiro atoms. The van der Waals surface area contributed by atoms with Crippen molar-refractivity contribution in [1.82, 2.24) is 9.97 Å². The predicted octanol–water partition coefficient (Wildman–Crippen LogP) is 2.83. The van der Waals surface area contributed by atoms with E-state index in [1.807, 2.05) is 6.92 Å². The lowest BCUT2D eigenvalue weighted by Gasteiger charge is -2.02. The van der Waals surface area contributed by atoms with Gasteiger partial charge >= 0.3 is 5.97 Å². The molecule has 2 rings (SSSR count). The van der Waals surface area contributed by atoms with Gasteiger partial charge in [0.2, 0.25) is 0 Å². The van der Waals surface area contributed by atoms with Gasteiger partial charge in [0.1, 0.15) is 21.1 Å². The van der Waals surface area contributed by atoms with Crippen molar-refractivity contribution in [1.29, 1.82) is 0 Å². The van der Waals surface area contributed by atoms with Crippen LogP contribution in [0.15, 0.2) is 11.4 Å². The third-order valence-electron chi connectivity index (χ3n) is 2.62. The monoisotopic (exact) mass is 298 g/mol. The number of nitrogens with zero attached hydrogens (tertiary/aromatic N) is 2. The van der Waals surface area contributed by atoms with Crippen molar-refractivity contribution in [2.45, 2.75) is 18.4 Å². The van der Waals surface area contributed by atoms with Gasteiger partial charge in [-0.2, -0.15) is 0 Å². The molecule has 102 valence electrons. The van der Waals surface area contributed by atoms with Gasteiger partial charge in [0.05, 0.1) is 0 Å². The van der Waals surface area contributed by atoms with Gasteiger partial charge in [-0.15, -0.1) is 23.1 Å². The van der Waals surface area contributed by atoms with E-state index in [4.69, 9.17) is 9.84 Å². The molecule has 0 bridgehead atoms. The molecule has 0 saturated carbocycles. The van der Waals surface area contributed by atoms with Gasteiger partial charge in [0, 0.05) is 24.9 Å². The molecule has 0 fully saturated rings. The van der Waals surface area contributed by atoms with Gasteiger partial charge in [-0.3, -0.25) is 0 Å². The Morgan fingerprint density at radius 1 is 1.53 bits per heavy atom. The minimum Gasteiger partial charge on any atom is -0.477 e. The molecule has 2 aromatic rings. The number of carboxylic acids is 1. The number of carbonyl (C=O) groups is 1. The number of aromatic nitrogens is 2. The van der Waals surface area contributed by atoms with Crippen molar-refractivity contribution in [3.05, 3.63) is 16.8 Å². The van der Waals surface area contributed by atoms with Gasteiger partial charge in [0.25, 0.3) is 0 Å². The summed E-state index contributed by atoms with van der Waals surface area (Å²) in [4.78, 5) is 20.6. The maximum atomic E-state index is 11.1. The Labute approximate surface area is 119 Å². The highest BCUT2D eigenvalue weighted by atomic mass is 32.2. The molecule has 2 heterocycles. The van der Waals surface area contributed by atoms with Gasteiger partial charge in [-0.05, 0) is 18.9 Å². The van der Waals surface area contributed by atoms with Crippen LogP contribution in [0, 0.1) is 6.92 Å². The molecular formula is C12H14N2O3S2. The first-order valence-electron chi connectivity index (χ1n) is 5.74. The number of hydrogen-bond acceptors (Lipinski definition) is 6. The van der Waals surface area contributed by atoms with E-state index in [0.717, 1.165) is 33.0 Å². The van der Waals surface area contributed by atoms with Crippen molar-refractivity contribution in [2.24, 2.45) is 0 Å². The fourth-order valence-electron chi connectivity index (χ4n) is 1.72. The second kappa shape index (κ2) is 6.31.